The molecule has 0 aliphatic carbocycles. The monoisotopic (exact) mass is 424 g/mol. The van der Waals surface area contributed by atoms with E-state index in [0.29, 0.717) is 12.2 Å². The fraction of sp³-hybridized carbons (Fsp3) is 0.278. The molecule has 1 aliphatic heterocycles. The molecule has 0 radical (unpaired) electrons. The van der Waals surface area contributed by atoms with E-state index in [0.717, 1.165) is 0 Å². The van der Waals surface area contributed by atoms with Gasteiger partial charge in [0, 0.05) is 17.3 Å². The third-order valence-electron chi connectivity index (χ3n) is 4.31. The maximum atomic E-state index is 12.5. The van der Waals surface area contributed by atoms with E-state index in [1.165, 1.54) is 49.6 Å². The van der Waals surface area contributed by atoms with Crippen LogP contribution in [-0.2, 0) is 19.9 Å². The molecule has 1 heterocycles. The summed E-state index contributed by atoms with van der Waals surface area (Å²) in [6, 6.07) is 11.5. The van der Waals surface area contributed by atoms with Gasteiger partial charge in [-0.25, -0.2) is 16.8 Å². The lowest BCUT2D eigenvalue weighted by atomic mass is 10.1. The molecule has 8 nitrogen and oxygen atoms in total. The molecule has 2 aromatic carbocycles. The second-order valence-electron chi connectivity index (χ2n) is 6.44. The van der Waals surface area contributed by atoms with Crippen LogP contribution in [0.1, 0.15) is 16.8 Å². The van der Waals surface area contributed by atoms with Crippen LogP contribution in [0.5, 0.6) is 5.75 Å². The molecule has 0 saturated carbocycles. The number of methoxy groups -OCH3 is 1. The highest BCUT2D eigenvalue weighted by Gasteiger charge is 2.29. The molecule has 1 amide bonds. The van der Waals surface area contributed by atoms with Gasteiger partial charge in [0.2, 0.25) is 0 Å². The van der Waals surface area contributed by atoms with Crippen molar-refractivity contribution in [3.63, 3.8) is 0 Å². The molecular weight excluding hydrogens is 404 g/mol. The molecule has 0 spiro atoms. The van der Waals surface area contributed by atoms with Gasteiger partial charge in [-0.1, -0.05) is 6.07 Å². The van der Waals surface area contributed by atoms with E-state index in [-0.39, 0.29) is 27.7 Å². The zero-order valence-electron chi connectivity index (χ0n) is 15.1. The third kappa shape index (κ3) is 4.82. The molecule has 1 aliphatic rings. The first-order chi connectivity index (χ1) is 13.2. The van der Waals surface area contributed by atoms with Crippen LogP contribution in [0.3, 0.4) is 0 Å². The summed E-state index contributed by atoms with van der Waals surface area (Å²) in [4.78, 5) is 12.4. The van der Waals surface area contributed by atoms with Crippen LogP contribution in [0.2, 0.25) is 0 Å². The fourth-order valence-corrected chi connectivity index (χ4v) is 5.59. The molecule has 28 heavy (non-hydrogen) atoms. The topological polar surface area (TPSA) is 119 Å². The van der Waals surface area contributed by atoms with Gasteiger partial charge in [0.15, 0.2) is 9.84 Å². The van der Waals surface area contributed by atoms with Gasteiger partial charge in [-0.3, -0.25) is 9.52 Å². The third-order valence-corrected chi connectivity index (χ3v) is 7.48. The van der Waals surface area contributed by atoms with Crippen molar-refractivity contribution in [2.45, 2.75) is 17.4 Å². The van der Waals surface area contributed by atoms with Crippen molar-refractivity contribution < 1.29 is 26.4 Å². The van der Waals surface area contributed by atoms with Crippen LogP contribution in [0, 0.1) is 0 Å². The van der Waals surface area contributed by atoms with E-state index in [9.17, 15) is 21.6 Å². The molecule has 2 N–H and O–H groups in total. The van der Waals surface area contributed by atoms with E-state index < -0.39 is 31.8 Å². The molecule has 0 unspecified atom stereocenters. The maximum absolute atomic E-state index is 12.5. The summed E-state index contributed by atoms with van der Waals surface area (Å²) in [6.07, 6.45) is 0.373. The first-order valence-electron chi connectivity index (χ1n) is 8.47. The highest BCUT2D eigenvalue weighted by Crippen LogP contribution is 2.20. The molecule has 150 valence electrons. The van der Waals surface area contributed by atoms with Gasteiger partial charge in [-0.05, 0) is 48.9 Å². The number of carbonyl (C=O) groups excluding carboxylic acids is 1. The van der Waals surface area contributed by atoms with Crippen molar-refractivity contribution >= 4 is 31.5 Å². The summed E-state index contributed by atoms with van der Waals surface area (Å²) in [5.41, 5.74) is 0.460. The average Bonchev–Trinajstić information content (AvgIpc) is 3.00. The minimum Gasteiger partial charge on any atom is -0.497 e. The average molecular weight is 425 g/mol. The Balaban J connectivity index is 1.72. The molecule has 0 bridgehead atoms. The van der Waals surface area contributed by atoms with Crippen molar-refractivity contribution in [2.75, 3.05) is 23.3 Å². The highest BCUT2D eigenvalue weighted by molar-refractivity contribution is 7.92. The number of sulfonamides is 1. The Labute approximate surface area is 163 Å². The number of amides is 1. The van der Waals surface area contributed by atoms with E-state index in [2.05, 4.69) is 10.0 Å². The summed E-state index contributed by atoms with van der Waals surface area (Å²) >= 11 is 0. The number of ether oxygens (including phenoxy) is 1. The van der Waals surface area contributed by atoms with Crippen LogP contribution >= 0.6 is 0 Å². The molecule has 1 fully saturated rings. The van der Waals surface area contributed by atoms with Gasteiger partial charge in [0.1, 0.15) is 5.75 Å². The fourth-order valence-electron chi connectivity index (χ4n) is 2.87. The number of anilines is 1. The van der Waals surface area contributed by atoms with Crippen molar-refractivity contribution in [1.82, 2.24) is 5.32 Å². The van der Waals surface area contributed by atoms with Gasteiger partial charge < -0.3 is 10.1 Å². The summed E-state index contributed by atoms with van der Waals surface area (Å²) in [7, 11) is -5.46. The Bertz CT molecular complexity index is 1080. The largest absolute Gasteiger partial charge is 0.497 e. The SMILES string of the molecule is COc1ccc(S(=O)(=O)Nc2cccc(C(=O)N[C@H]3CCS(=O)(=O)C3)c2)cc1. The molecule has 1 atom stereocenters. The standard InChI is InChI=1S/C18H20N2O6S2/c1-26-16-5-7-17(8-6-16)28(24,25)20-14-4-2-3-13(11-14)18(21)19-15-9-10-27(22,23)12-15/h2-8,11,15,20H,9-10,12H2,1H3,(H,19,21)/t15-/m0/s1. The number of benzene rings is 2. The normalized spacial score (nSPS) is 18.4. The predicted molar refractivity (Wildman–Crippen MR) is 105 cm³/mol. The van der Waals surface area contributed by atoms with E-state index in [4.69, 9.17) is 4.74 Å². The Morgan fingerprint density at radius 2 is 1.86 bits per heavy atom. The van der Waals surface area contributed by atoms with Crippen molar-refractivity contribution in [3.8, 4) is 5.75 Å². The first-order valence-corrected chi connectivity index (χ1v) is 11.8. The van der Waals surface area contributed by atoms with Gasteiger partial charge in [-0.2, -0.15) is 0 Å². The second-order valence-corrected chi connectivity index (χ2v) is 10.3. The molecule has 3 rings (SSSR count). The Morgan fingerprint density at radius 1 is 1.14 bits per heavy atom. The summed E-state index contributed by atoms with van der Waals surface area (Å²) in [6.45, 7) is 0. The van der Waals surface area contributed by atoms with Crippen LogP contribution in [0.25, 0.3) is 0 Å². The van der Waals surface area contributed by atoms with Crippen molar-refractivity contribution in [3.05, 3.63) is 54.1 Å². The number of hydrogen-bond donors (Lipinski definition) is 2. The van der Waals surface area contributed by atoms with Crippen LogP contribution in [0.15, 0.2) is 53.4 Å². The van der Waals surface area contributed by atoms with Crippen LogP contribution in [0.4, 0.5) is 5.69 Å². The van der Waals surface area contributed by atoms with Gasteiger partial charge >= 0.3 is 0 Å². The van der Waals surface area contributed by atoms with E-state index in [1.54, 1.807) is 6.07 Å². The minimum atomic E-state index is -3.84. The van der Waals surface area contributed by atoms with Crippen molar-refractivity contribution in [1.29, 1.82) is 0 Å². The zero-order valence-corrected chi connectivity index (χ0v) is 16.7. The lowest BCUT2D eigenvalue weighted by molar-refractivity contribution is 0.0941. The minimum absolute atomic E-state index is 0.0549. The van der Waals surface area contributed by atoms with E-state index in [1.807, 2.05) is 0 Å². The second kappa shape index (κ2) is 7.80. The van der Waals surface area contributed by atoms with Gasteiger partial charge in [-0.15, -0.1) is 0 Å². The summed E-state index contributed by atoms with van der Waals surface area (Å²) in [5, 5.41) is 2.68. The summed E-state index contributed by atoms with van der Waals surface area (Å²) in [5.74, 6) is 0.0569. The predicted octanol–water partition coefficient (Wildman–Crippen LogP) is 1.41. The molecule has 0 aromatic heterocycles. The number of rotatable bonds is 6. The molecular formula is C18H20N2O6S2. The molecule has 10 heteroatoms. The maximum Gasteiger partial charge on any atom is 0.261 e. The van der Waals surface area contributed by atoms with Crippen molar-refractivity contribution in [2.24, 2.45) is 0 Å². The van der Waals surface area contributed by atoms with Gasteiger partial charge in [0.05, 0.1) is 23.5 Å². The Kier molecular flexibility index (Phi) is 5.61. The van der Waals surface area contributed by atoms with Crippen LogP contribution in [-0.4, -0.2) is 47.4 Å². The quantitative estimate of drug-likeness (QED) is 0.724. The number of sulfone groups is 1. The number of hydrogen-bond acceptors (Lipinski definition) is 6. The lowest BCUT2D eigenvalue weighted by Crippen LogP contribution is -2.35. The Hall–Kier alpha value is -2.59. The number of nitrogens with one attached hydrogen (secondary N) is 2. The van der Waals surface area contributed by atoms with Crippen LogP contribution < -0.4 is 14.8 Å². The Morgan fingerprint density at radius 3 is 2.46 bits per heavy atom. The zero-order chi connectivity index (χ0) is 20.4. The first kappa shape index (κ1) is 20.2. The number of carbonyl (C=O) groups is 1. The van der Waals surface area contributed by atoms with Gasteiger partial charge in [0.25, 0.3) is 15.9 Å². The lowest BCUT2D eigenvalue weighted by Gasteiger charge is -2.12. The summed E-state index contributed by atoms with van der Waals surface area (Å²) < 4.78 is 55.5. The smallest absolute Gasteiger partial charge is 0.261 e. The molecule has 1 saturated heterocycles. The van der Waals surface area contributed by atoms with E-state index >= 15 is 0 Å². The highest BCUT2D eigenvalue weighted by atomic mass is 32.2. The molecule has 2 aromatic rings.